The summed E-state index contributed by atoms with van der Waals surface area (Å²) < 4.78 is 1.84. The SMILES string of the molecule is O=C(NCc1nnc2ccccn12)C1CCCN1C(=O)Cc1cccs1. The van der Waals surface area contributed by atoms with E-state index < -0.39 is 6.04 Å². The average molecular weight is 369 g/mol. The third-order valence-electron chi connectivity index (χ3n) is 4.59. The number of carbonyl (C=O) groups is 2. The standard InChI is InChI=1S/C18H19N5O2S/c24-17(11-13-5-4-10-26-13)22-9-3-6-14(22)18(25)19-12-16-21-20-15-7-1-2-8-23(15)16/h1-2,4-5,7-8,10,14H,3,6,9,11-12H2,(H,19,25). The molecule has 2 amide bonds. The number of amides is 2. The van der Waals surface area contributed by atoms with Crippen LogP contribution in [0.4, 0.5) is 0 Å². The zero-order valence-corrected chi connectivity index (χ0v) is 15.0. The molecule has 1 fully saturated rings. The van der Waals surface area contributed by atoms with E-state index in [-0.39, 0.29) is 18.4 Å². The zero-order valence-electron chi connectivity index (χ0n) is 14.2. The van der Waals surface area contributed by atoms with Gasteiger partial charge in [-0.25, -0.2) is 0 Å². The van der Waals surface area contributed by atoms with Crippen molar-refractivity contribution >= 4 is 28.8 Å². The van der Waals surface area contributed by atoms with Crippen molar-refractivity contribution in [3.8, 4) is 0 Å². The molecule has 7 nitrogen and oxygen atoms in total. The van der Waals surface area contributed by atoms with Gasteiger partial charge in [0, 0.05) is 17.6 Å². The van der Waals surface area contributed by atoms with Gasteiger partial charge in [-0.3, -0.25) is 14.0 Å². The van der Waals surface area contributed by atoms with E-state index in [4.69, 9.17) is 0 Å². The summed E-state index contributed by atoms with van der Waals surface area (Å²) in [5.74, 6) is 0.552. The Balaban J connectivity index is 1.39. The number of nitrogens with zero attached hydrogens (tertiary/aromatic N) is 4. The first kappa shape index (κ1) is 16.7. The topological polar surface area (TPSA) is 79.6 Å². The van der Waals surface area contributed by atoms with Crippen LogP contribution in [0, 0.1) is 0 Å². The van der Waals surface area contributed by atoms with Gasteiger partial charge in [-0.2, -0.15) is 0 Å². The first-order valence-electron chi connectivity index (χ1n) is 8.60. The van der Waals surface area contributed by atoms with Crippen molar-refractivity contribution in [2.24, 2.45) is 0 Å². The van der Waals surface area contributed by atoms with Crippen molar-refractivity contribution in [3.05, 3.63) is 52.6 Å². The van der Waals surface area contributed by atoms with Gasteiger partial charge in [0.2, 0.25) is 11.8 Å². The molecule has 3 aromatic heterocycles. The Hall–Kier alpha value is -2.74. The number of hydrogen-bond acceptors (Lipinski definition) is 5. The van der Waals surface area contributed by atoms with E-state index in [1.165, 1.54) is 0 Å². The van der Waals surface area contributed by atoms with Crippen LogP contribution in [0.15, 0.2) is 41.9 Å². The lowest BCUT2D eigenvalue weighted by atomic mass is 10.2. The smallest absolute Gasteiger partial charge is 0.243 e. The fourth-order valence-electron chi connectivity index (χ4n) is 3.30. The molecule has 0 aromatic carbocycles. The number of likely N-dealkylation sites (tertiary alicyclic amines) is 1. The number of carbonyl (C=O) groups excluding carboxylic acids is 2. The molecule has 8 heteroatoms. The van der Waals surface area contributed by atoms with Crippen LogP contribution < -0.4 is 5.32 Å². The van der Waals surface area contributed by atoms with E-state index >= 15 is 0 Å². The second-order valence-corrected chi connectivity index (χ2v) is 7.30. The molecule has 1 aliphatic rings. The molecular formula is C18H19N5O2S. The predicted molar refractivity (Wildman–Crippen MR) is 97.6 cm³/mol. The fourth-order valence-corrected chi connectivity index (χ4v) is 3.99. The van der Waals surface area contributed by atoms with Gasteiger partial charge in [0.1, 0.15) is 6.04 Å². The highest BCUT2D eigenvalue weighted by molar-refractivity contribution is 7.10. The molecule has 0 radical (unpaired) electrons. The van der Waals surface area contributed by atoms with Crippen molar-refractivity contribution in [3.63, 3.8) is 0 Å². The maximum Gasteiger partial charge on any atom is 0.243 e. The van der Waals surface area contributed by atoms with Gasteiger partial charge in [-0.05, 0) is 36.4 Å². The molecule has 1 saturated heterocycles. The lowest BCUT2D eigenvalue weighted by Crippen LogP contribution is -2.46. The Morgan fingerprint density at radius 3 is 3.00 bits per heavy atom. The lowest BCUT2D eigenvalue weighted by molar-refractivity contribution is -0.138. The van der Waals surface area contributed by atoms with E-state index in [0.29, 0.717) is 25.2 Å². The van der Waals surface area contributed by atoms with Crippen LogP contribution in [-0.2, 0) is 22.6 Å². The fraction of sp³-hybridized carbons (Fsp3) is 0.333. The normalized spacial score (nSPS) is 16.9. The summed E-state index contributed by atoms with van der Waals surface area (Å²) in [6.45, 7) is 0.920. The van der Waals surface area contributed by atoms with Gasteiger partial charge >= 0.3 is 0 Å². The van der Waals surface area contributed by atoms with Crippen LogP contribution in [0.2, 0.25) is 0 Å². The summed E-state index contributed by atoms with van der Waals surface area (Å²) in [4.78, 5) is 27.9. The zero-order chi connectivity index (χ0) is 17.9. The minimum Gasteiger partial charge on any atom is -0.347 e. The van der Waals surface area contributed by atoms with Gasteiger partial charge in [-0.15, -0.1) is 21.5 Å². The Kier molecular flexibility index (Phi) is 4.66. The number of nitrogens with one attached hydrogen (secondary N) is 1. The molecule has 0 bridgehead atoms. The van der Waals surface area contributed by atoms with Crippen molar-refractivity contribution in [1.29, 1.82) is 0 Å². The molecule has 4 rings (SSSR count). The van der Waals surface area contributed by atoms with Gasteiger partial charge in [-0.1, -0.05) is 12.1 Å². The Bertz CT molecular complexity index is 921. The van der Waals surface area contributed by atoms with Crippen molar-refractivity contribution in [2.75, 3.05) is 6.54 Å². The number of thiophene rings is 1. The molecule has 1 aliphatic heterocycles. The van der Waals surface area contributed by atoms with Crippen molar-refractivity contribution in [1.82, 2.24) is 24.8 Å². The quantitative estimate of drug-likeness (QED) is 0.741. The maximum atomic E-state index is 12.6. The van der Waals surface area contributed by atoms with E-state index in [1.807, 2.05) is 46.3 Å². The minimum atomic E-state index is -0.401. The maximum absolute atomic E-state index is 12.6. The molecule has 4 heterocycles. The van der Waals surface area contributed by atoms with Crippen molar-refractivity contribution < 1.29 is 9.59 Å². The van der Waals surface area contributed by atoms with Gasteiger partial charge in [0.05, 0.1) is 13.0 Å². The summed E-state index contributed by atoms with van der Waals surface area (Å²) in [5.41, 5.74) is 0.741. The Labute approximate surface area is 154 Å². The average Bonchev–Trinajstić information content (AvgIpc) is 3.40. The van der Waals surface area contributed by atoms with E-state index in [0.717, 1.165) is 16.9 Å². The number of rotatable bonds is 5. The third-order valence-corrected chi connectivity index (χ3v) is 5.46. The Morgan fingerprint density at radius 2 is 2.15 bits per heavy atom. The van der Waals surface area contributed by atoms with E-state index in [9.17, 15) is 9.59 Å². The second-order valence-electron chi connectivity index (χ2n) is 6.26. The van der Waals surface area contributed by atoms with E-state index in [1.54, 1.807) is 16.2 Å². The first-order chi connectivity index (χ1) is 12.7. The van der Waals surface area contributed by atoms with Crippen LogP contribution in [0.25, 0.3) is 5.65 Å². The van der Waals surface area contributed by atoms with E-state index in [2.05, 4.69) is 15.5 Å². The molecule has 1 atom stereocenters. The van der Waals surface area contributed by atoms with Crippen LogP contribution in [0.3, 0.4) is 0 Å². The number of fused-ring (bicyclic) bond motifs is 1. The minimum absolute atomic E-state index is 0.0121. The monoisotopic (exact) mass is 369 g/mol. The lowest BCUT2D eigenvalue weighted by Gasteiger charge is -2.23. The molecule has 134 valence electrons. The highest BCUT2D eigenvalue weighted by Crippen LogP contribution is 2.20. The van der Waals surface area contributed by atoms with Crippen LogP contribution in [0.5, 0.6) is 0 Å². The molecule has 1 N–H and O–H groups in total. The molecule has 3 aromatic rings. The molecule has 26 heavy (non-hydrogen) atoms. The summed E-state index contributed by atoms with van der Waals surface area (Å²) in [7, 11) is 0. The van der Waals surface area contributed by atoms with Crippen LogP contribution >= 0.6 is 11.3 Å². The number of hydrogen-bond donors (Lipinski definition) is 1. The van der Waals surface area contributed by atoms with Crippen molar-refractivity contribution in [2.45, 2.75) is 31.8 Å². The number of aromatic nitrogens is 3. The Morgan fingerprint density at radius 1 is 1.23 bits per heavy atom. The molecule has 0 aliphatic carbocycles. The van der Waals surface area contributed by atoms with Gasteiger partial charge in [0.25, 0.3) is 0 Å². The van der Waals surface area contributed by atoms with Gasteiger partial charge in [0.15, 0.2) is 11.5 Å². The molecular weight excluding hydrogens is 350 g/mol. The van der Waals surface area contributed by atoms with Crippen LogP contribution in [0.1, 0.15) is 23.5 Å². The summed E-state index contributed by atoms with van der Waals surface area (Å²) in [6, 6.07) is 9.13. The summed E-state index contributed by atoms with van der Waals surface area (Å²) in [5, 5.41) is 13.1. The predicted octanol–water partition coefficient (Wildman–Crippen LogP) is 1.64. The molecule has 0 saturated carbocycles. The molecule has 0 spiro atoms. The summed E-state index contributed by atoms with van der Waals surface area (Å²) >= 11 is 1.56. The highest BCUT2D eigenvalue weighted by Gasteiger charge is 2.33. The highest BCUT2D eigenvalue weighted by atomic mass is 32.1. The van der Waals surface area contributed by atoms with Gasteiger partial charge < -0.3 is 10.2 Å². The largest absolute Gasteiger partial charge is 0.347 e. The van der Waals surface area contributed by atoms with Crippen LogP contribution in [-0.4, -0.2) is 43.9 Å². The third kappa shape index (κ3) is 3.32. The second kappa shape index (κ2) is 7.25. The number of pyridine rings is 1. The first-order valence-corrected chi connectivity index (χ1v) is 9.48. The summed E-state index contributed by atoms with van der Waals surface area (Å²) in [6.07, 6.45) is 3.77. The molecule has 1 unspecified atom stereocenters.